The van der Waals surface area contributed by atoms with E-state index in [9.17, 15) is 20.0 Å². The maximum atomic E-state index is 11.6. The van der Waals surface area contributed by atoms with E-state index in [-0.39, 0.29) is 17.1 Å². The molecule has 0 saturated heterocycles. The number of hydrogen-bond donors (Lipinski definition) is 1. The number of benzene rings is 2. The summed E-state index contributed by atoms with van der Waals surface area (Å²) in [5.74, 6) is -1.31. The molecular weight excluding hydrogens is 322 g/mol. The van der Waals surface area contributed by atoms with Crippen LogP contribution >= 0.6 is 11.6 Å². The van der Waals surface area contributed by atoms with Crippen molar-refractivity contribution in [3.8, 4) is 5.75 Å². The molecule has 2 rings (SSSR count). The average molecular weight is 336 g/mol. The Bertz CT molecular complexity index is 747. The number of ether oxygens (including phenoxy) is 1. The lowest BCUT2D eigenvalue weighted by Gasteiger charge is -2.14. The molecule has 1 atom stereocenters. The van der Waals surface area contributed by atoms with Gasteiger partial charge in [-0.25, -0.2) is 0 Å². The first-order valence-corrected chi connectivity index (χ1v) is 7.09. The number of rotatable bonds is 6. The van der Waals surface area contributed by atoms with Crippen LogP contribution < -0.4 is 4.74 Å². The summed E-state index contributed by atoms with van der Waals surface area (Å²) in [5, 5.41) is 20.4. The number of nitro benzene ring substituents is 1. The molecule has 1 unspecified atom stereocenters. The van der Waals surface area contributed by atoms with E-state index in [1.54, 1.807) is 30.3 Å². The van der Waals surface area contributed by atoms with Gasteiger partial charge in [0.15, 0.2) is 0 Å². The Morgan fingerprint density at radius 3 is 2.70 bits per heavy atom. The summed E-state index contributed by atoms with van der Waals surface area (Å²) in [6.07, 6.45) is 0.112. The minimum absolute atomic E-state index is 0.0204. The van der Waals surface area contributed by atoms with Crippen molar-refractivity contribution in [2.45, 2.75) is 12.3 Å². The van der Waals surface area contributed by atoms with Crippen LogP contribution in [0.5, 0.6) is 5.75 Å². The summed E-state index contributed by atoms with van der Waals surface area (Å²) in [6, 6.07) is 11.0. The first-order chi connectivity index (χ1) is 10.9. The van der Waals surface area contributed by atoms with Crippen LogP contribution in [0.25, 0.3) is 0 Å². The highest BCUT2D eigenvalue weighted by Crippen LogP contribution is 2.29. The molecule has 120 valence electrons. The number of nitro groups is 1. The minimum Gasteiger partial charge on any atom is -0.497 e. The normalized spacial score (nSPS) is 11.7. The highest BCUT2D eigenvalue weighted by molar-refractivity contribution is 6.32. The molecular formula is C16H14ClNO5. The molecule has 1 N–H and O–H groups in total. The zero-order valence-electron chi connectivity index (χ0n) is 12.2. The number of hydrogen-bond acceptors (Lipinski definition) is 4. The van der Waals surface area contributed by atoms with Crippen LogP contribution in [0.1, 0.15) is 17.0 Å². The average Bonchev–Trinajstić information content (AvgIpc) is 2.53. The second-order valence-electron chi connectivity index (χ2n) is 4.91. The van der Waals surface area contributed by atoms with Crippen molar-refractivity contribution in [3.63, 3.8) is 0 Å². The van der Waals surface area contributed by atoms with Gasteiger partial charge < -0.3 is 9.84 Å². The van der Waals surface area contributed by atoms with E-state index in [0.717, 1.165) is 0 Å². The summed E-state index contributed by atoms with van der Waals surface area (Å²) < 4.78 is 5.10. The highest BCUT2D eigenvalue weighted by Gasteiger charge is 2.22. The van der Waals surface area contributed by atoms with Crippen molar-refractivity contribution >= 4 is 23.3 Å². The lowest BCUT2D eigenvalue weighted by atomic mass is 9.92. The van der Waals surface area contributed by atoms with E-state index < -0.39 is 16.8 Å². The van der Waals surface area contributed by atoms with Crippen molar-refractivity contribution in [2.75, 3.05) is 7.11 Å². The van der Waals surface area contributed by atoms with Crippen LogP contribution in [0.4, 0.5) is 5.69 Å². The Balaban J connectivity index is 2.35. The molecule has 2 aromatic rings. The van der Waals surface area contributed by atoms with Gasteiger partial charge in [0.25, 0.3) is 5.69 Å². The minimum atomic E-state index is -1.02. The first-order valence-electron chi connectivity index (χ1n) is 6.72. The van der Waals surface area contributed by atoms with E-state index >= 15 is 0 Å². The SMILES string of the molecule is COc1cccc(C(Cc2ccc(Cl)c([N+](=O)[O-])c2)C(=O)O)c1. The summed E-state index contributed by atoms with van der Waals surface area (Å²) in [4.78, 5) is 21.9. The quantitative estimate of drug-likeness (QED) is 0.642. The number of carbonyl (C=O) groups is 1. The molecule has 7 heteroatoms. The molecule has 0 heterocycles. The van der Waals surface area contributed by atoms with Crippen LogP contribution in [0.3, 0.4) is 0 Å². The predicted molar refractivity (Wildman–Crippen MR) is 85.2 cm³/mol. The van der Waals surface area contributed by atoms with E-state index in [1.165, 1.54) is 19.2 Å². The molecule has 0 saturated carbocycles. The topological polar surface area (TPSA) is 89.7 Å². The van der Waals surface area contributed by atoms with Gasteiger partial charge in [0.1, 0.15) is 10.8 Å². The zero-order valence-corrected chi connectivity index (χ0v) is 13.0. The molecule has 0 bridgehead atoms. The Morgan fingerprint density at radius 2 is 2.09 bits per heavy atom. The van der Waals surface area contributed by atoms with Gasteiger partial charge in [0.2, 0.25) is 0 Å². The molecule has 0 spiro atoms. The summed E-state index contributed by atoms with van der Waals surface area (Å²) >= 11 is 5.77. The Labute approximate surface area is 137 Å². The monoisotopic (exact) mass is 335 g/mol. The number of methoxy groups -OCH3 is 1. The number of nitrogens with zero attached hydrogens (tertiary/aromatic N) is 1. The van der Waals surface area contributed by atoms with Gasteiger partial charge in [-0.3, -0.25) is 14.9 Å². The molecule has 23 heavy (non-hydrogen) atoms. The molecule has 0 radical (unpaired) electrons. The van der Waals surface area contributed by atoms with Gasteiger partial charge in [0.05, 0.1) is 18.0 Å². The lowest BCUT2D eigenvalue weighted by molar-refractivity contribution is -0.384. The molecule has 0 aliphatic heterocycles. The highest BCUT2D eigenvalue weighted by atomic mass is 35.5. The largest absolute Gasteiger partial charge is 0.497 e. The Morgan fingerprint density at radius 1 is 1.35 bits per heavy atom. The molecule has 0 fully saturated rings. The second kappa shape index (κ2) is 7.11. The van der Waals surface area contributed by atoms with Crippen LogP contribution in [0.15, 0.2) is 42.5 Å². The zero-order chi connectivity index (χ0) is 17.0. The standard InChI is InChI=1S/C16H14ClNO5/c1-23-12-4-2-3-11(9-12)13(16(19)20)7-10-5-6-14(17)15(8-10)18(21)22/h2-6,8-9,13H,7H2,1H3,(H,19,20). The molecule has 0 aliphatic rings. The summed E-state index contributed by atoms with van der Waals surface area (Å²) in [6.45, 7) is 0. The molecule has 0 aliphatic carbocycles. The molecule has 2 aromatic carbocycles. The van der Waals surface area contributed by atoms with E-state index in [1.807, 2.05) is 0 Å². The third-order valence-electron chi connectivity index (χ3n) is 3.44. The van der Waals surface area contributed by atoms with Crippen molar-refractivity contribution in [1.29, 1.82) is 0 Å². The van der Waals surface area contributed by atoms with Gasteiger partial charge in [-0.1, -0.05) is 29.8 Å². The summed E-state index contributed by atoms with van der Waals surface area (Å²) in [5.41, 5.74) is 0.852. The Hall–Kier alpha value is -2.60. The van der Waals surface area contributed by atoms with Gasteiger partial charge in [-0.2, -0.15) is 0 Å². The molecule has 6 nitrogen and oxygen atoms in total. The third-order valence-corrected chi connectivity index (χ3v) is 3.76. The van der Waals surface area contributed by atoms with Gasteiger partial charge in [-0.15, -0.1) is 0 Å². The molecule has 0 aromatic heterocycles. The van der Waals surface area contributed by atoms with Gasteiger partial charge in [-0.05, 0) is 35.7 Å². The number of carboxylic acid groups (broad SMARTS) is 1. The van der Waals surface area contributed by atoms with Gasteiger partial charge >= 0.3 is 5.97 Å². The maximum absolute atomic E-state index is 11.6. The van der Waals surface area contributed by atoms with Crippen molar-refractivity contribution < 1.29 is 19.6 Å². The number of halogens is 1. The smallest absolute Gasteiger partial charge is 0.311 e. The van der Waals surface area contributed by atoms with Gasteiger partial charge in [0, 0.05) is 6.07 Å². The third kappa shape index (κ3) is 3.98. The number of carboxylic acids is 1. The maximum Gasteiger partial charge on any atom is 0.311 e. The summed E-state index contributed by atoms with van der Waals surface area (Å²) in [7, 11) is 1.50. The Kier molecular flexibility index (Phi) is 5.18. The fraction of sp³-hybridized carbons (Fsp3) is 0.188. The lowest BCUT2D eigenvalue weighted by Crippen LogP contribution is -2.14. The van der Waals surface area contributed by atoms with Crippen molar-refractivity contribution in [3.05, 3.63) is 68.7 Å². The number of aliphatic carboxylic acids is 1. The van der Waals surface area contributed by atoms with Crippen molar-refractivity contribution in [1.82, 2.24) is 0 Å². The van der Waals surface area contributed by atoms with E-state index in [4.69, 9.17) is 16.3 Å². The fourth-order valence-corrected chi connectivity index (χ4v) is 2.45. The fourth-order valence-electron chi connectivity index (χ4n) is 2.27. The van der Waals surface area contributed by atoms with E-state index in [0.29, 0.717) is 16.9 Å². The predicted octanol–water partition coefficient (Wildman–Crippen LogP) is 3.67. The first kappa shape index (κ1) is 16.8. The van der Waals surface area contributed by atoms with Crippen molar-refractivity contribution in [2.24, 2.45) is 0 Å². The van der Waals surface area contributed by atoms with Crippen LogP contribution in [0, 0.1) is 10.1 Å². The van der Waals surface area contributed by atoms with Crippen LogP contribution in [0.2, 0.25) is 5.02 Å². The second-order valence-corrected chi connectivity index (χ2v) is 5.32. The van der Waals surface area contributed by atoms with Crippen LogP contribution in [-0.4, -0.2) is 23.1 Å². The van der Waals surface area contributed by atoms with E-state index in [2.05, 4.69) is 0 Å². The molecule has 0 amide bonds. The van der Waals surface area contributed by atoms with Crippen LogP contribution in [-0.2, 0) is 11.2 Å².